The molecule has 2 atom stereocenters. The SMILES string of the molecule is CCC(NC(=O)N1CCC(C)(C(=O)O)C1)c1cccc(S(N)(=O)=O)c1. The van der Waals surface area contributed by atoms with Crippen molar-refractivity contribution in [3.05, 3.63) is 29.8 Å². The fourth-order valence-electron chi connectivity index (χ4n) is 2.88. The van der Waals surface area contributed by atoms with Crippen molar-refractivity contribution in [2.45, 2.75) is 37.6 Å². The standard InChI is InChI=1S/C16H23N3O5S/c1-3-13(11-5-4-6-12(9-11)25(17,23)24)18-15(22)19-8-7-16(2,10-19)14(20)21/h4-6,9,13H,3,7-8,10H2,1-2H3,(H,18,22)(H,20,21)(H2,17,23,24). The van der Waals surface area contributed by atoms with Crippen LogP contribution in [0.2, 0.25) is 0 Å². The molecule has 0 spiro atoms. The molecular weight excluding hydrogens is 346 g/mol. The van der Waals surface area contributed by atoms with E-state index in [1.54, 1.807) is 19.1 Å². The molecule has 1 aliphatic heterocycles. The number of likely N-dealkylation sites (tertiary alicyclic amines) is 1. The second kappa shape index (κ2) is 7.01. The lowest BCUT2D eigenvalue weighted by atomic mass is 9.90. The summed E-state index contributed by atoms with van der Waals surface area (Å²) in [5.74, 6) is -0.921. The Morgan fingerprint density at radius 2 is 2.12 bits per heavy atom. The van der Waals surface area contributed by atoms with E-state index in [0.717, 1.165) is 0 Å². The van der Waals surface area contributed by atoms with Crippen molar-refractivity contribution >= 4 is 22.0 Å². The first-order chi connectivity index (χ1) is 11.6. The number of hydrogen-bond donors (Lipinski definition) is 3. The van der Waals surface area contributed by atoms with Gasteiger partial charge in [0.05, 0.1) is 16.4 Å². The number of nitrogens with zero attached hydrogens (tertiary/aromatic N) is 1. The lowest BCUT2D eigenvalue weighted by Gasteiger charge is -2.24. The van der Waals surface area contributed by atoms with Crippen LogP contribution in [0.25, 0.3) is 0 Å². The topological polar surface area (TPSA) is 130 Å². The van der Waals surface area contributed by atoms with E-state index in [0.29, 0.717) is 24.9 Å². The van der Waals surface area contributed by atoms with Crippen LogP contribution in [-0.4, -0.2) is 43.5 Å². The molecule has 0 aromatic heterocycles. The molecule has 1 heterocycles. The highest BCUT2D eigenvalue weighted by molar-refractivity contribution is 7.89. The average molecular weight is 369 g/mol. The molecule has 9 heteroatoms. The molecule has 0 bridgehead atoms. The van der Waals surface area contributed by atoms with Gasteiger partial charge in [0.15, 0.2) is 0 Å². The van der Waals surface area contributed by atoms with Crippen LogP contribution in [-0.2, 0) is 14.8 Å². The first-order valence-corrected chi connectivity index (χ1v) is 9.53. The fourth-order valence-corrected chi connectivity index (χ4v) is 3.45. The van der Waals surface area contributed by atoms with Crippen molar-refractivity contribution in [3.63, 3.8) is 0 Å². The molecule has 0 saturated carbocycles. The predicted octanol–water partition coefficient (Wildman–Crippen LogP) is 1.29. The number of amides is 2. The molecule has 0 radical (unpaired) electrons. The Morgan fingerprint density at radius 3 is 2.64 bits per heavy atom. The number of sulfonamides is 1. The summed E-state index contributed by atoms with van der Waals surface area (Å²) in [4.78, 5) is 25.2. The zero-order valence-corrected chi connectivity index (χ0v) is 15.0. The number of carboxylic acid groups (broad SMARTS) is 1. The number of urea groups is 1. The lowest BCUT2D eigenvalue weighted by molar-refractivity contribution is -0.147. The van der Waals surface area contributed by atoms with Gasteiger partial charge in [-0.2, -0.15) is 0 Å². The predicted molar refractivity (Wildman–Crippen MR) is 91.3 cm³/mol. The van der Waals surface area contributed by atoms with Crippen LogP contribution in [0.5, 0.6) is 0 Å². The summed E-state index contributed by atoms with van der Waals surface area (Å²) in [7, 11) is -3.82. The minimum Gasteiger partial charge on any atom is -0.481 e. The Hall–Kier alpha value is -2.13. The Balaban J connectivity index is 2.13. The normalized spacial score (nSPS) is 21.8. The fraction of sp³-hybridized carbons (Fsp3) is 0.500. The van der Waals surface area contributed by atoms with E-state index in [4.69, 9.17) is 5.14 Å². The molecule has 1 fully saturated rings. The Bertz CT molecular complexity index is 780. The monoisotopic (exact) mass is 369 g/mol. The van der Waals surface area contributed by atoms with Gasteiger partial charge in [-0.25, -0.2) is 18.4 Å². The van der Waals surface area contributed by atoms with E-state index in [1.165, 1.54) is 17.0 Å². The van der Waals surface area contributed by atoms with Gasteiger partial charge in [-0.3, -0.25) is 4.79 Å². The first kappa shape index (κ1) is 19.2. The van der Waals surface area contributed by atoms with Gasteiger partial charge in [-0.05, 0) is 37.5 Å². The van der Waals surface area contributed by atoms with Gasteiger partial charge in [0.25, 0.3) is 0 Å². The van der Waals surface area contributed by atoms with E-state index in [9.17, 15) is 23.1 Å². The number of aliphatic carboxylic acids is 1. The largest absolute Gasteiger partial charge is 0.481 e. The summed E-state index contributed by atoms with van der Waals surface area (Å²) in [6.07, 6.45) is 0.942. The number of rotatable bonds is 5. The molecule has 25 heavy (non-hydrogen) atoms. The highest BCUT2D eigenvalue weighted by Gasteiger charge is 2.42. The third kappa shape index (κ3) is 4.29. The van der Waals surface area contributed by atoms with Gasteiger partial charge in [-0.15, -0.1) is 0 Å². The average Bonchev–Trinajstić information content (AvgIpc) is 2.96. The highest BCUT2D eigenvalue weighted by Crippen LogP contribution is 2.30. The van der Waals surface area contributed by atoms with Gasteiger partial charge in [0.1, 0.15) is 0 Å². The van der Waals surface area contributed by atoms with Crippen LogP contribution >= 0.6 is 0 Å². The van der Waals surface area contributed by atoms with Crippen LogP contribution in [0.4, 0.5) is 4.79 Å². The van der Waals surface area contributed by atoms with Crippen molar-refractivity contribution in [2.24, 2.45) is 10.6 Å². The summed E-state index contributed by atoms with van der Waals surface area (Å²) in [5, 5.41) is 17.2. The van der Waals surface area contributed by atoms with Gasteiger partial charge >= 0.3 is 12.0 Å². The third-order valence-electron chi connectivity index (χ3n) is 4.57. The lowest BCUT2D eigenvalue weighted by Crippen LogP contribution is -2.42. The molecule has 4 N–H and O–H groups in total. The van der Waals surface area contributed by atoms with Crippen LogP contribution < -0.4 is 10.5 Å². The van der Waals surface area contributed by atoms with Crippen LogP contribution in [0.15, 0.2) is 29.2 Å². The zero-order chi connectivity index (χ0) is 18.8. The third-order valence-corrected chi connectivity index (χ3v) is 5.48. The number of carbonyl (C=O) groups excluding carboxylic acids is 1. The number of primary sulfonamides is 1. The number of benzene rings is 1. The molecule has 2 unspecified atom stereocenters. The quantitative estimate of drug-likeness (QED) is 0.720. The molecular formula is C16H23N3O5S. The summed E-state index contributed by atoms with van der Waals surface area (Å²) >= 11 is 0. The molecule has 138 valence electrons. The number of hydrogen-bond acceptors (Lipinski definition) is 4. The molecule has 1 aromatic rings. The maximum Gasteiger partial charge on any atom is 0.317 e. The van der Waals surface area contributed by atoms with Crippen molar-refractivity contribution in [2.75, 3.05) is 13.1 Å². The smallest absolute Gasteiger partial charge is 0.317 e. The summed E-state index contributed by atoms with van der Waals surface area (Å²) in [6, 6.07) is 5.36. The Kier molecular flexibility index (Phi) is 5.38. The van der Waals surface area contributed by atoms with E-state index < -0.39 is 27.4 Å². The van der Waals surface area contributed by atoms with Crippen LogP contribution in [0, 0.1) is 5.41 Å². The van der Waals surface area contributed by atoms with Gasteiger partial charge < -0.3 is 15.3 Å². The van der Waals surface area contributed by atoms with Gasteiger partial charge in [-0.1, -0.05) is 19.1 Å². The minimum absolute atomic E-state index is 0.0164. The molecule has 1 aliphatic rings. The van der Waals surface area contributed by atoms with Crippen molar-refractivity contribution in [3.8, 4) is 0 Å². The molecule has 1 aromatic carbocycles. The first-order valence-electron chi connectivity index (χ1n) is 7.98. The number of carboxylic acids is 1. The van der Waals surface area contributed by atoms with Crippen molar-refractivity contribution < 1.29 is 23.1 Å². The van der Waals surface area contributed by atoms with Crippen LogP contribution in [0.3, 0.4) is 0 Å². The van der Waals surface area contributed by atoms with Gasteiger partial charge in [0, 0.05) is 13.1 Å². The maximum absolute atomic E-state index is 12.5. The molecule has 2 rings (SSSR count). The highest BCUT2D eigenvalue weighted by atomic mass is 32.2. The van der Waals surface area contributed by atoms with E-state index in [1.807, 2.05) is 6.92 Å². The number of nitrogens with two attached hydrogens (primary N) is 1. The molecule has 8 nitrogen and oxygen atoms in total. The maximum atomic E-state index is 12.5. The van der Waals surface area contributed by atoms with E-state index in [2.05, 4.69) is 5.32 Å². The van der Waals surface area contributed by atoms with Crippen molar-refractivity contribution in [1.82, 2.24) is 10.2 Å². The molecule has 0 aliphatic carbocycles. The number of carbonyl (C=O) groups is 2. The van der Waals surface area contributed by atoms with E-state index >= 15 is 0 Å². The van der Waals surface area contributed by atoms with Crippen molar-refractivity contribution in [1.29, 1.82) is 0 Å². The Labute approximate surface area is 147 Å². The minimum atomic E-state index is -3.82. The zero-order valence-electron chi connectivity index (χ0n) is 14.2. The summed E-state index contributed by atoms with van der Waals surface area (Å²) in [6.45, 7) is 3.99. The van der Waals surface area contributed by atoms with Crippen LogP contribution in [0.1, 0.15) is 38.3 Å². The summed E-state index contributed by atoms with van der Waals surface area (Å²) < 4.78 is 23.0. The second-order valence-electron chi connectivity index (χ2n) is 6.57. The number of nitrogens with one attached hydrogen (secondary N) is 1. The molecule has 1 saturated heterocycles. The van der Waals surface area contributed by atoms with E-state index in [-0.39, 0.29) is 17.5 Å². The molecule has 2 amide bonds. The Morgan fingerprint density at radius 1 is 1.44 bits per heavy atom. The second-order valence-corrected chi connectivity index (χ2v) is 8.13. The summed E-state index contributed by atoms with van der Waals surface area (Å²) in [5.41, 5.74) is -0.311. The van der Waals surface area contributed by atoms with Gasteiger partial charge in [0.2, 0.25) is 10.0 Å².